The number of nitrogens with zero attached hydrogens (tertiary/aromatic N) is 3. The average molecular weight is 425 g/mol. The Balaban J connectivity index is 1.60. The molecule has 0 bridgehead atoms. The van der Waals surface area contributed by atoms with Crippen LogP contribution >= 0.6 is 0 Å². The van der Waals surface area contributed by atoms with Crippen LogP contribution in [0.4, 0.5) is 5.69 Å². The zero-order valence-corrected chi connectivity index (χ0v) is 17.7. The highest BCUT2D eigenvalue weighted by Gasteiger charge is 2.36. The highest BCUT2D eigenvalue weighted by Crippen LogP contribution is 2.43. The number of para-hydroxylation sites is 1. The molecule has 2 heterocycles. The van der Waals surface area contributed by atoms with E-state index in [-0.39, 0.29) is 18.2 Å². The van der Waals surface area contributed by atoms with Gasteiger partial charge in [0.25, 0.3) is 0 Å². The zero-order valence-electron chi connectivity index (χ0n) is 17.7. The van der Waals surface area contributed by atoms with Crippen LogP contribution in [0.25, 0.3) is 11.4 Å². The molecule has 9 heteroatoms. The van der Waals surface area contributed by atoms with Crippen molar-refractivity contribution in [3.05, 3.63) is 42.3 Å². The van der Waals surface area contributed by atoms with Gasteiger partial charge in [0, 0.05) is 25.1 Å². The molecule has 4 rings (SSSR count). The van der Waals surface area contributed by atoms with Gasteiger partial charge in [-0.15, -0.1) is 0 Å². The quantitative estimate of drug-likeness (QED) is 0.569. The summed E-state index contributed by atoms with van der Waals surface area (Å²) in [5.41, 5.74) is 1.37. The number of carbonyl (C=O) groups excluding carboxylic acids is 1. The molecule has 1 saturated heterocycles. The third kappa shape index (κ3) is 3.74. The molecule has 0 saturated carbocycles. The van der Waals surface area contributed by atoms with E-state index in [0.29, 0.717) is 46.9 Å². The number of benzene rings is 2. The number of anilines is 1. The molecule has 1 aliphatic rings. The van der Waals surface area contributed by atoms with E-state index in [4.69, 9.17) is 23.5 Å². The third-order valence-electron chi connectivity index (χ3n) is 5.23. The zero-order chi connectivity index (χ0) is 22.0. The average Bonchev–Trinajstić information content (AvgIpc) is 3.44. The summed E-state index contributed by atoms with van der Waals surface area (Å²) in [4.78, 5) is 19.0. The topological polar surface area (TPSA) is 96.2 Å². The predicted octanol–water partition coefficient (Wildman–Crippen LogP) is 3.29. The first-order valence-electron chi connectivity index (χ1n) is 9.67. The number of carbonyl (C=O) groups is 1. The molecule has 1 amide bonds. The summed E-state index contributed by atoms with van der Waals surface area (Å²) in [5.74, 6) is 2.61. The van der Waals surface area contributed by atoms with Crippen LogP contribution in [0.5, 0.6) is 23.0 Å². The van der Waals surface area contributed by atoms with E-state index in [1.54, 1.807) is 24.1 Å². The molecule has 2 aromatic carbocycles. The second-order valence-electron chi connectivity index (χ2n) is 6.95. The van der Waals surface area contributed by atoms with Crippen LogP contribution in [-0.4, -0.2) is 51.0 Å². The van der Waals surface area contributed by atoms with Gasteiger partial charge in [-0.3, -0.25) is 4.79 Å². The molecule has 3 aromatic rings. The number of hydrogen-bond donors (Lipinski definition) is 0. The van der Waals surface area contributed by atoms with Crippen LogP contribution in [0.1, 0.15) is 18.2 Å². The normalized spacial score (nSPS) is 15.8. The van der Waals surface area contributed by atoms with Gasteiger partial charge < -0.3 is 28.4 Å². The monoisotopic (exact) mass is 425 g/mol. The predicted molar refractivity (Wildman–Crippen MR) is 112 cm³/mol. The summed E-state index contributed by atoms with van der Waals surface area (Å²) in [6.45, 7) is 0.394. The highest BCUT2D eigenvalue weighted by molar-refractivity contribution is 5.97. The Labute approximate surface area is 179 Å². The van der Waals surface area contributed by atoms with Crippen molar-refractivity contribution in [3.63, 3.8) is 0 Å². The summed E-state index contributed by atoms with van der Waals surface area (Å²) in [7, 11) is 6.19. The summed E-state index contributed by atoms with van der Waals surface area (Å²) < 4.78 is 27.0. The Hall–Kier alpha value is -3.75. The number of aromatic nitrogens is 2. The minimum atomic E-state index is -0.234. The van der Waals surface area contributed by atoms with Gasteiger partial charge in [-0.25, -0.2) is 0 Å². The fourth-order valence-electron chi connectivity index (χ4n) is 3.69. The molecule has 0 radical (unpaired) electrons. The molecule has 1 atom stereocenters. The molecular formula is C22H23N3O6. The van der Waals surface area contributed by atoms with Gasteiger partial charge in [-0.05, 0) is 12.1 Å². The molecule has 1 aliphatic heterocycles. The number of ether oxygens (including phenoxy) is 4. The standard InChI is InChI=1S/C22H23N3O6/c1-27-16-8-6-5-7-15(16)21-23-22(31-24-21)13-9-19(26)25(12-13)14-10-17(28-2)20(30-4)18(11-14)29-3/h5-8,10-11,13H,9,12H2,1-4H3. The first kappa shape index (κ1) is 20.5. The molecular weight excluding hydrogens is 402 g/mol. The van der Waals surface area contributed by atoms with Crippen LogP contribution in [0, 0.1) is 0 Å². The molecule has 1 aromatic heterocycles. The SMILES string of the molecule is COc1ccccc1-c1noc(C2CC(=O)N(c3cc(OC)c(OC)c(OC)c3)C2)n1. The van der Waals surface area contributed by atoms with Crippen LogP contribution in [0.15, 0.2) is 40.9 Å². The van der Waals surface area contributed by atoms with Crippen molar-refractivity contribution in [2.75, 3.05) is 39.9 Å². The van der Waals surface area contributed by atoms with E-state index in [0.717, 1.165) is 5.56 Å². The molecule has 1 fully saturated rings. The molecule has 0 aliphatic carbocycles. The summed E-state index contributed by atoms with van der Waals surface area (Å²) in [6, 6.07) is 10.9. The number of methoxy groups -OCH3 is 4. The minimum absolute atomic E-state index is 0.0590. The lowest BCUT2D eigenvalue weighted by Crippen LogP contribution is -2.24. The third-order valence-corrected chi connectivity index (χ3v) is 5.23. The molecule has 1 unspecified atom stereocenters. The van der Waals surface area contributed by atoms with Crippen LogP contribution in [0.2, 0.25) is 0 Å². The van der Waals surface area contributed by atoms with Crippen molar-refractivity contribution < 1.29 is 28.3 Å². The van der Waals surface area contributed by atoms with E-state index in [1.165, 1.54) is 21.3 Å². The van der Waals surface area contributed by atoms with Gasteiger partial charge in [0.15, 0.2) is 11.5 Å². The van der Waals surface area contributed by atoms with Gasteiger partial charge in [0.2, 0.25) is 23.4 Å². The second-order valence-corrected chi connectivity index (χ2v) is 6.95. The van der Waals surface area contributed by atoms with E-state index in [2.05, 4.69) is 10.1 Å². The maximum atomic E-state index is 12.8. The number of hydrogen-bond acceptors (Lipinski definition) is 8. The van der Waals surface area contributed by atoms with Gasteiger partial charge >= 0.3 is 0 Å². The van der Waals surface area contributed by atoms with Crippen LogP contribution < -0.4 is 23.8 Å². The van der Waals surface area contributed by atoms with Crippen LogP contribution in [0.3, 0.4) is 0 Å². The lowest BCUT2D eigenvalue weighted by atomic mass is 10.1. The second kappa shape index (κ2) is 8.55. The molecule has 0 N–H and O–H groups in total. The van der Waals surface area contributed by atoms with Crippen molar-refractivity contribution in [2.24, 2.45) is 0 Å². The summed E-state index contributed by atoms with van der Waals surface area (Å²) >= 11 is 0. The van der Waals surface area contributed by atoms with Gasteiger partial charge in [-0.2, -0.15) is 4.98 Å². The number of amides is 1. The maximum absolute atomic E-state index is 12.8. The summed E-state index contributed by atoms with van der Waals surface area (Å²) in [5, 5.41) is 4.09. The molecule has 162 valence electrons. The Morgan fingerprint density at radius 3 is 2.29 bits per heavy atom. The Morgan fingerprint density at radius 1 is 0.968 bits per heavy atom. The Morgan fingerprint density at radius 2 is 1.65 bits per heavy atom. The van der Waals surface area contributed by atoms with Gasteiger partial charge in [0.1, 0.15) is 5.75 Å². The lowest BCUT2D eigenvalue weighted by Gasteiger charge is -2.20. The first-order valence-corrected chi connectivity index (χ1v) is 9.67. The highest BCUT2D eigenvalue weighted by atomic mass is 16.5. The van der Waals surface area contributed by atoms with Crippen LogP contribution in [-0.2, 0) is 4.79 Å². The van der Waals surface area contributed by atoms with E-state index in [9.17, 15) is 4.79 Å². The molecule has 0 spiro atoms. The van der Waals surface area contributed by atoms with Crippen molar-refractivity contribution in [1.29, 1.82) is 0 Å². The molecule has 9 nitrogen and oxygen atoms in total. The van der Waals surface area contributed by atoms with Crippen molar-refractivity contribution >= 4 is 11.6 Å². The van der Waals surface area contributed by atoms with Crippen molar-refractivity contribution in [1.82, 2.24) is 10.1 Å². The molecule has 31 heavy (non-hydrogen) atoms. The fraction of sp³-hybridized carbons (Fsp3) is 0.318. The first-order chi connectivity index (χ1) is 15.1. The van der Waals surface area contributed by atoms with E-state index >= 15 is 0 Å². The maximum Gasteiger partial charge on any atom is 0.232 e. The minimum Gasteiger partial charge on any atom is -0.496 e. The van der Waals surface area contributed by atoms with Crippen molar-refractivity contribution in [3.8, 4) is 34.4 Å². The van der Waals surface area contributed by atoms with E-state index < -0.39 is 0 Å². The lowest BCUT2D eigenvalue weighted by molar-refractivity contribution is -0.117. The van der Waals surface area contributed by atoms with E-state index in [1.807, 2.05) is 24.3 Å². The summed E-state index contributed by atoms with van der Waals surface area (Å²) in [6.07, 6.45) is 0.254. The Kier molecular flexibility index (Phi) is 5.66. The fourth-order valence-corrected chi connectivity index (χ4v) is 3.69. The van der Waals surface area contributed by atoms with Crippen molar-refractivity contribution in [2.45, 2.75) is 12.3 Å². The van der Waals surface area contributed by atoms with Gasteiger partial charge in [-0.1, -0.05) is 17.3 Å². The Bertz CT molecular complexity index is 1070. The smallest absolute Gasteiger partial charge is 0.232 e. The van der Waals surface area contributed by atoms with Gasteiger partial charge in [0.05, 0.1) is 45.6 Å². The largest absolute Gasteiger partial charge is 0.496 e. The number of rotatable bonds is 7.